The molecule has 2 aromatic rings. The maximum absolute atomic E-state index is 9.57. The minimum Gasteiger partial charge on any atom is -0.503 e. The van der Waals surface area contributed by atoms with Crippen LogP contribution in [0.25, 0.3) is 0 Å². The fraction of sp³-hybridized carbons (Fsp3) is 0.0909. The highest BCUT2D eigenvalue weighted by Crippen LogP contribution is 2.32. The van der Waals surface area contributed by atoms with Gasteiger partial charge in [-0.15, -0.1) is 10.2 Å². The lowest BCUT2D eigenvalue weighted by Crippen LogP contribution is -1.93. The third kappa shape index (κ3) is 2.60. The van der Waals surface area contributed by atoms with Crippen molar-refractivity contribution in [3.05, 3.63) is 40.0 Å². The lowest BCUT2D eigenvalue weighted by Gasteiger charge is -2.09. The number of hydrogen-bond acceptors (Lipinski definition) is 4. The highest BCUT2D eigenvalue weighted by atomic mass is 35.5. The molecule has 4 nitrogen and oxygen atoms in total. The summed E-state index contributed by atoms with van der Waals surface area (Å²) in [6.07, 6.45) is 0. The van der Waals surface area contributed by atoms with Gasteiger partial charge in [-0.2, -0.15) is 0 Å². The summed E-state index contributed by atoms with van der Waals surface area (Å²) in [5.41, 5.74) is 0.755. The SMILES string of the molecule is Cc1c(Cl)cccc1Oc1nnc(Cl)cc1O. The summed E-state index contributed by atoms with van der Waals surface area (Å²) < 4.78 is 5.41. The Bertz CT molecular complexity index is 561. The molecule has 17 heavy (non-hydrogen) atoms. The second-order valence-corrected chi connectivity index (χ2v) is 4.12. The summed E-state index contributed by atoms with van der Waals surface area (Å²) in [5.74, 6) is 0.313. The molecule has 0 saturated heterocycles. The van der Waals surface area contributed by atoms with Gasteiger partial charge in [0, 0.05) is 16.7 Å². The molecule has 0 fully saturated rings. The molecule has 0 saturated carbocycles. The highest BCUT2D eigenvalue weighted by Gasteiger charge is 2.10. The van der Waals surface area contributed by atoms with Crippen LogP contribution in [0.3, 0.4) is 0 Å². The van der Waals surface area contributed by atoms with E-state index in [2.05, 4.69) is 10.2 Å². The largest absolute Gasteiger partial charge is 0.503 e. The van der Waals surface area contributed by atoms with E-state index in [1.54, 1.807) is 25.1 Å². The average Bonchev–Trinajstić information content (AvgIpc) is 2.28. The van der Waals surface area contributed by atoms with Gasteiger partial charge in [-0.25, -0.2) is 0 Å². The standard InChI is InChI=1S/C11H8Cl2N2O2/c1-6-7(12)3-2-4-9(6)17-11-8(16)5-10(13)14-15-11/h2-5H,1H3,(H,14,16). The zero-order valence-electron chi connectivity index (χ0n) is 8.82. The van der Waals surface area contributed by atoms with E-state index >= 15 is 0 Å². The van der Waals surface area contributed by atoms with E-state index < -0.39 is 0 Å². The van der Waals surface area contributed by atoms with Crippen molar-refractivity contribution >= 4 is 23.2 Å². The molecule has 6 heteroatoms. The Kier molecular flexibility index (Phi) is 3.36. The average molecular weight is 271 g/mol. The van der Waals surface area contributed by atoms with E-state index in [-0.39, 0.29) is 16.8 Å². The van der Waals surface area contributed by atoms with Crippen LogP contribution in [-0.2, 0) is 0 Å². The molecule has 0 bridgehead atoms. The molecule has 0 amide bonds. The predicted octanol–water partition coefficient (Wildman–Crippen LogP) is 3.59. The van der Waals surface area contributed by atoms with Gasteiger partial charge < -0.3 is 9.84 Å². The highest BCUT2D eigenvalue weighted by molar-refractivity contribution is 6.31. The first kappa shape index (κ1) is 12.0. The summed E-state index contributed by atoms with van der Waals surface area (Å²) in [6, 6.07) is 6.46. The molecule has 1 aromatic heterocycles. The number of rotatable bonds is 2. The van der Waals surface area contributed by atoms with Gasteiger partial charge in [0.2, 0.25) is 0 Å². The minimum atomic E-state index is -0.177. The molecule has 0 unspecified atom stereocenters. The Morgan fingerprint density at radius 3 is 2.71 bits per heavy atom. The van der Waals surface area contributed by atoms with E-state index in [9.17, 15) is 5.11 Å². The topological polar surface area (TPSA) is 55.2 Å². The first-order valence-corrected chi connectivity index (χ1v) is 5.48. The van der Waals surface area contributed by atoms with Gasteiger partial charge in [0.1, 0.15) is 5.75 Å². The lowest BCUT2D eigenvalue weighted by molar-refractivity contribution is 0.390. The fourth-order valence-corrected chi connectivity index (χ4v) is 1.53. The number of benzene rings is 1. The Hall–Kier alpha value is -1.52. The van der Waals surface area contributed by atoms with E-state index in [4.69, 9.17) is 27.9 Å². The summed E-state index contributed by atoms with van der Waals surface area (Å²) in [6.45, 7) is 1.80. The lowest BCUT2D eigenvalue weighted by atomic mass is 10.2. The number of aromatic hydroxyl groups is 1. The van der Waals surface area contributed by atoms with E-state index in [0.717, 1.165) is 5.56 Å². The molecule has 0 aliphatic rings. The zero-order valence-corrected chi connectivity index (χ0v) is 10.3. The maximum Gasteiger partial charge on any atom is 0.281 e. The van der Waals surface area contributed by atoms with Crippen LogP contribution in [0.4, 0.5) is 0 Å². The van der Waals surface area contributed by atoms with Gasteiger partial charge in [0.25, 0.3) is 5.88 Å². The molecule has 0 aliphatic carbocycles. The van der Waals surface area contributed by atoms with Crippen LogP contribution in [0.1, 0.15) is 5.56 Å². The second-order valence-electron chi connectivity index (χ2n) is 3.32. The van der Waals surface area contributed by atoms with Crippen LogP contribution >= 0.6 is 23.2 Å². The van der Waals surface area contributed by atoms with Crippen LogP contribution < -0.4 is 4.74 Å². The number of halogens is 2. The third-order valence-electron chi connectivity index (χ3n) is 2.14. The molecular weight excluding hydrogens is 263 g/mol. The molecule has 2 rings (SSSR count). The van der Waals surface area contributed by atoms with Gasteiger partial charge in [0.05, 0.1) is 0 Å². The maximum atomic E-state index is 9.57. The molecular formula is C11H8Cl2N2O2. The number of nitrogens with zero attached hydrogens (tertiary/aromatic N) is 2. The Morgan fingerprint density at radius 1 is 1.24 bits per heavy atom. The monoisotopic (exact) mass is 270 g/mol. The van der Waals surface area contributed by atoms with Crippen molar-refractivity contribution < 1.29 is 9.84 Å². The van der Waals surface area contributed by atoms with Crippen LogP contribution in [0, 0.1) is 6.92 Å². The smallest absolute Gasteiger partial charge is 0.281 e. The minimum absolute atomic E-state index is 0.0141. The first-order chi connectivity index (χ1) is 8.08. The Labute approximate surface area is 108 Å². The van der Waals surface area contributed by atoms with Crippen molar-refractivity contribution in [3.63, 3.8) is 0 Å². The van der Waals surface area contributed by atoms with Gasteiger partial charge in [-0.1, -0.05) is 29.3 Å². The number of ether oxygens (including phenoxy) is 1. The van der Waals surface area contributed by atoms with Crippen LogP contribution in [0.5, 0.6) is 17.4 Å². The van der Waals surface area contributed by atoms with Crippen molar-refractivity contribution in [2.24, 2.45) is 0 Å². The predicted molar refractivity (Wildman–Crippen MR) is 65.0 cm³/mol. The Balaban J connectivity index is 2.35. The first-order valence-electron chi connectivity index (χ1n) is 4.73. The van der Waals surface area contributed by atoms with Crippen molar-refractivity contribution in [3.8, 4) is 17.4 Å². The Morgan fingerprint density at radius 2 is 2.00 bits per heavy atom. The molecule has 1 N–H and O–H groups in total. The second kappa shape index (κ2) is 4.77. The fourth-order valence-electron chi connectivity index (χ4n) is 1.22. The molecule has 0 radical (unpaired) electrons. The number of hydrogen-bond donors (Lipinski definition) is 1. The normalized spacial score (nSPS) is 10.3. The van der Waals surface area contributed by atoms with Gasteiger partial charge in [0.15, 0.2) is 10.9 Å². The molecule has 1 heterocycles. The molecule has 1 aromatic carbocycles. The van der Waals surface area contributed by atoms with E-state index in [1.165, 1.54) is 6.07 Å². The van der Waals surface area contributed by atoms with Gasteiger partial charge in [-0.3, -0.25) is 0 Å². The van der Waals surface area contributed by atoms with Gasteiger partial charge in [-0.05, 0) is 19.1 Å². The molecule has 0 atom stereocenters. The molecule has 0 spiro atoms. The van der Waals surface area contributed by atoms with Crippen molar-refractivity contribution in [2.75, 3.05) is 0 Å². The van der Waals surface area contributed by atoms with Crippen LogP contribution in [0.15, 0.2) is 24.3 Å². The summed E-state index contributed by atoms with van der Waals surface area (Å²) in [5, 5.41) is 17.5. The van der Waals surface area contributed by atoms with Crippen molar-refractivity contribution in [1.29, 1.82) is 0 Å². The summed E-state index contributed by atoms with van der Waals surface area (Å²) >= 11 is 11.5. The summed E-state index contributed by atoms with van der Waals surface area (Å²) in [7, 11) is 0. The van der Waals surface area contributed by atoms with E-state index in [1.807, 2.05) is 0 Å². The van der Waals surface area contributed by atoms with Gasteiger partial charge >= 0.3 is 0 Å². The molecule has 88 valence electrons. The molecule has 0 aliphatic heterocycles. The van der Waals surface area contributed by atoms with E-state index in [0.29, 0.717) is 10.8 Å². The van der Waals surface area contributed by atoms with Crippen LogP contribution in [-0.4, -0.2) is 15.3 Å². The van der Waals surface area contributed by atoms with Crippen molar-refractivity contribution in [1.82, 2.24) is 10.2 Å². The third-order valence-corrected chi connectivity index (χ3v) is 2.73. The summed E-state index contributed by atoms with van der Waals surface area (Å²) in [4.78, 5) is 0. The quantitative estimate of drug-likeness (QED) is 0.906. The van der Waals surface area contributed by atoms with Crippen molar-refractivity contribution in [2.45, 2.75) is 6.92 Å². The van der Waals surface area contributed by atoms with Crippen LogP contribution in [0.2, 0.25) is 10.2 Å². The zero-order chi connectivity index (χ0) is 12.4. The number of aromatic nitrogens is 2.